The average Bonchev–Trinajstić information content (AvgIpc) is 3.36. The number of ether oxygens (including phenoxy) is 2. The lowest BCUT2D eigenvalue weighted by Crippen LogP contribution is -2.44. The number of para-hydroxylation sites is 1. The van der Waals surface area contributed by atoms with E-state index < -0.39 is 0 Å². The number of hydrogen-bond donors (Lipinski definition) is 3. The maximum Gasteiger partial charge on any atom is 0.248 e. The van der Waals surface area contributed by atoms with Crippen LogP contribution >= 0.6 is 35.6 Å². The van der Waals surface area contributed by atoms with Crippen molar-refractivity contribution in [3.05, 3.63) is 77.8 Å². The molecule has 9 nitrogen and oxygen atoms in total. The van der Waals surface area contributed by atoms with Crippen LogP contribution in [0.1, 0.15) is 0 Å². The van der Waals surface area contributed by atoms with Crippen LogP contribution in [-0.4, -0.2) is 45.8 Å². The Hall–Kier alpha value is -3.80. The van der Waals surface area contributed by atoms with Crippen LogP contribution in [0.5, 0.6) is 11.5 Å². The quantitative estimate of drug-likeness (QED) is 0.162. The standard InChI is InChI=1S/C25H23ClN6O3S2/c1-34-20-13-8-16(14-21(20)35-2)23-29-31-25(32(23)19-6-4-3-5-7-19)37-15-22(33)28-30-24(36)27-18-11-9-17(26)10-12-18/h3-14H,15H2,1-2H3,(H,28,33)(H2,27,30,36). The van der Waals surface area contributed by atoms with Crippen LogP contribution in [0.15, 0.2) is 78.0 Å². The number of carbonyl (C=O) groups is 1. The topological polar surface area (TPSA) is 102 Å². The molecule has 0 radical (unpaired) electrons. The van der Waals surface area contributed by atoms with E-state index in [1.165, 1.54) is 11.8 Å². The van der Waals surface area contributed by atoms with Crippen molar-refractivity contribution < 1.29 is 14.3 Å². The van der Waals surface area contributed by atoms with Crippen molar-refractivity contribution in [2.75, 3.05) is 25.3 Å². The van der Waals surface area contributed by atoms with E-state index in [0.29, 0.717) is 27.5 Å². The lowest BCUT2D eigenvalue weighted by Gasteiger charge is -2.13. The number of methoxy groups -OCH3 is 2. The molecule has 0 aliphatic carbocycles. The van der Waals surface area contributed by atoms with Crippen LogP contribution in [0.2, 0.25) is 5.02 Å². The molecule has 4 rings (SSSR count). The third-order valence-electron chi connectivity index (χ3n) is 5.04. The number of aromatic nitrogens is 3. The number of anilines is 1. The van der Waals surface area contributed by atoms with E-state index in [0.717, 1.165) is 16.9 Å². The van der Waals surface area contributed by atoms with Crippen LogP contribution in [0, 0.1) is 0 Å². The first-order valence-electron chi connectivity index (χ1n) is 11.0. The first kappa shape index (κ1) is 26.3. The fourth-order valence-corrected chi connectivity index (χ4v) is 4.37. The molecule has 3 N–H and O–H groups in total. The van der Waals surface area contributed by atoms with E-state index in [1.54, 1.807) is 38.5 Å². The van der Waals surface area contributed by atoms with Gasteiger partial charge in [-0.05, 0) is 66.8 Å². The first-order valence-corrected chi connectivity index (χ1v) is 12.7. The van der Waals surface area contributed by atoms with Crippen molar-refractivity contribution in [1.29, 1.82) is 0 Å². The molecule has 37 heavy (non-hydrogen) atoms. The van der Waals surface area contributed by atoms with Gasteiger partial charge in [0.1, 0.15) is 0 Å². The molecule has 0 spiro atoms. The van der Waals surface area contributed by atoms with E-state index in [1.807, 2.05) is 53.1 Å². The Morgan fingerprint density at radius 3 is 2.41 bits per heavy atom. The maximum atomic E-state index is 12.5. The van der Waals surface area contributed by atoms with E-state index in [9.17, 15) is 4.79 Å². The summed E-state index contributed by atoms with van der Waals surface area (Å²) in [6.45, 7) is 0. The fourth-order valence-electron chi connectivity index (χ4n) is 3.32. The smallest absolute Gasteiger partial charge is 0.248 e. The molecule has 1 aromatic heterocycles. The molecule has 0 saturated carbocycles. The summed E-state index contributed by atoms with van der Waals surface area (Å²) in [4.78, 5) is 12.5. The third kappa shape index (κ3) is 6.70. The van der Waals surface area contributed by atoms with Gasteiger partial charge in [0.25, 0.3) is 0 Å². The van der Waals surface area contributed by atoms with Crippen LogP contribution in [0.4, 0.5) is 5.69 Å². The number of nitrogens with one attached hydrogen (secondary N) is 3. The van der Waals surface area contributed by atoms with Crippen molar-refractivity contribution in [1.82, 2.24) is 25.6 Å². The van der Waals surface area contributed by atoms with Crippen molar-refractivity contribution in [2.45, 2.75) is 5.16 Å². The zero-order valence-corrected chi connectivity index (χ0v) is 22.3. The van der Waals surface area contributed by atoms with Gasteiger partial charge >= 0.3 is 0 Å². The summed E-state index contributed by atoms with van der Waals surface area (Å²) < 4.78 is 12.7. The van der Waals surface area contributed by atoms with Gasteiger partial charge in [0.05, 0.1) is 20.0 Å². The summed E-state index contributed by atoms with van der Waals surface area (Å²) in [6, 6.07) is 22.2. The Kier molecular flexibility index (Phi) is 8.83. The highest BCUT2D eigenvalue weighted by Gasteiger charge is 2.19. The molecule has 4 aromatic rings. The van der Waals surface area contributed by atoms with Gasteiger partial charge in [-0.25, -0.2) is 0 Å². The second-order valence-corrected chi connectivity index (χ2v) is 9.26. The van der Waals surface area contributed by atoms with Gasteiger partial charge < -0.3 is 14.8 Å². The minimum absolute atomic E-state index is 0.0768. The number of rotatable bonds is 8. The molecule has 1 heterocycles. The zero-order valence-electron chi connectivity index (χ0n) is 19.9. The van der Waals surface area contributed by atoms with Crippen molar-refractivity contribution >= 4 is 52.3 Å². The number of nitrogens with zero attached hydrogens (tertiary/aromatic N) is 3. The minimum Gasteiger partial charge on any atom is -0.493 e. The van der Waals surface area contributed by atoms with Crippen molar-refractivity contribution in [3.8, 4) is 28.6 Å². The third-order valence-corrected chi connectivity index (χ3v) is 6.42. The minimum atomic E-state index is -0.291. The SMILES string of the molecule is COc1ccc(-c2nnc(SCC(=O)NNC(=S)Nc3ccc(Cl)cc3)n2-c2ccccc2)cc1OC. The predicted molar refractivity (Wildman–Crippen MR) is 150 cm³/mol. The molecular formula is C25H23ClN6O3S2. The summed E-state index contributed by atoms with van der Waals surface area (Å²) in [5, 5.41) is 13.1. The second-order valence-electron chi connectivity index (χ2n) is 7.47. The summed E-state index contributed by atoms with van der Waals surface area (Å²) in [7, 11) is 3.16. The zero-order chi connectivity index (χ0) is 26.2. The Morgan fingerprint density at radius 2 is 1.70 bits per heavy atom. The molecule has 0 aliphatic heterocycles. The fraction of sp³-hybridized carbons (Fsp3) is 0.120. The molecule has 1 amide bonds. The summed E-state index contributed by atoms with van der Waals surface area (Å²) >= 11 is 12.4. The lowest BCUT2D eigenvalue weighted by atomic mass is 10.2. The second kappa shape index (κ2) is 12.4. The highest BCUT2D eigenvalue weighted by Crippen LogP contribution is 2.34. The molecule has 0 saturated heterocycles. The number of hydrazine groups is 1. The molecule has 0 atom stereocenters. The number of halogens is 1. The van der Waals surface area contributed by atoms with E-state index in [2.05, 4.69) is 26.4 Å². The summed E-state index contributed by atoms with van der Waals surface area (Å²) in [5.41, 5.74) is 7.65. The highest BCUT2D eigenvalue weighted by molar-refractivity contribution is 7.99. The number of amides is 1. The van der Waals surface area contributed by atoms with E-state index >= 15 is 0 Å². The average molecular weight is 555 g/mol. The molecule has 0 aliphatic rings. The van der Waals surface area contributed by atoms with Gasteiger partial charge in [-0.15, -0.1) is 10.2 Å². The monoisotopic (exact) mass is 554 g/mol. The number of carbonyl (C=O) groups excluding carboxylic acids is 1. The van der Waals surface area contributed by atoms with Gasteiger partial charge in [-0.2, -0.15) is 0 Å². The largest absolute Gasteiger partial charge is 0.493 e. The lowest BCUT2D eigenvalue weighted by molar-refractivity contribution is -0.119. The Labute approximate surface area is 228 Å². The van der Waals surface area contributed by atoms with Crippen molar-refractivity contribution in [2.24, 2.45) is 0 Å². The number of thioether (sulfide) groups is 1. The maximum absolute atomic E-state index is 12.5. The van der Waals surface area contributed by atoms with Gasteiger partial charge in [0.2, 0.25) is 5.91 Å². The predicted octanol–water partition coefficient (Wildman–Crippen LogP) is 4.71. The Bertz CT molecular complexity index is 1380. The Morgan fingerprint density at radius 1 is 0.973 bits per heavy atom. The summed E-state index contributed by atoms with van der Waals surface area (Å²) in [5.74, 6) is 1.57. The van der Waals surface area contributed by atoms with Crippen molar-refractivity contribution in [3.63, 3.8) is 0 Å². The van der Waals surface area contributed by atoms with E-state index in [-0.39, 0.29) is 16.8 Å². The molecule has 12 heteroatoms. The molecule has 190 valence electrons. The molecule has 0 bridgehead atoms. The first-order chi connectivity index (χ1) is 18.0. The number of hydrogen-bond acceptors (Lipinski definition) is 7. The highest BCUT2D eigenvalue weighted by atomic mass is 35.5. The van der Waals surface area contributed by atoms with E-state index in [4.69, 9.17) is 33.3 Å². The molecule has 0 unspecified atom stereocenters. The summed E-state index contributed by atoms with van der Waals surface area (Å²) in [6.07, 6.45) is 0. The number of benzene rings is 3. The van der Waals surface area contributed by atoms with Crippen LogP contribution in [-0.2, 0) is 4.79 Å². The van der Waals surface area contributed by atoms with Gasteiger partial charge in [-0.3, -0.25) is 20.2 Å². The van der Waals surface area contributed by atoms with Gasteiger partial charge in [0.15, 0.2) is 27.6 Å². The van der Waals surface area contributed by atoms with Crippen LogP contribution < -0.4 is 25.6 Å². The number of thiocarbonyl (C=S) groups is 1. The van der Waals surface area contributed by atoms with Gasteiger partial charge in [-0.1, -0.05) is 41.6 Å². The van der Waals surface area contributed by atoms with Crippen LogP contribution in [0.25, 0.3) is 17.1 Å². The molecule has 0 fully saturated rings. The Balaban J connectivity index is 1.46. The normalized spacial score (nSPS) is 10.5. The molecule has 3 aromatic carbocycles. The van der Waals surface area contributed by atoms with Crippen LogP contribution in [0.3, 0.4) is 0 Å². The van der Waals surface area contributed by atoms with Gasteiger partial charge in [0, 0.05) is 22.0 Å². The molecular weight excluding hydrogens is 532 g/mol.